The lowest BCUT2D eigenvalue weighted by Gasteiger charge is -2.34. The number of halogens is 1. The number of urea groups is 1. The highest BCUT2D eigenvalue weighted by atomic mass is 35.5. The maximum absolute atomic E-state index is 13.0. The van der Waals surface area contributed by atoms with Crippen LogP contribution >= 0.6 is 11.6 Å². The molecule has 7 nitrogen and oxygen atoms in total. The van der Waals surface area contributed by atoms with Crippen LogP contribution in [0.4, 0.5) is 10.6 Å². The third-order valence-electron chi connectivity index (χ3n) is 6.82. The smallest absolute Gasteiger partial charge is 0.317 e. The van der Waals surface area contributed by atoms with Crippen molar-refractivity contribution in [3.05, 3.63) is 77.4 Å². The lowest BCUT2D eigenvalue weighted by Crippen LogP contribution is -2.47. The first-order chi connectivity index (χ1) is 17.5. The van der Waals surface area contributed by atoms with Crippen molar-refractivity contribution in [2.45, 2.75) is 25.8 Å². The van der Waals surface area contributed by atoms with Gasteiger partial charge < -0.3 is 15.5 Å². The third kappa shape index (κ3) is 5.19. The van der Waals surface area contributed by atoms with E-state index >= 15 is 0 Å². The predicted molar refractivity (Wildman–Crippen MR) is 148 cm³/mol. The fourth-order valence-corrected chi connectivity index (χ4v) is 5.00. The zero-order valence-corrected chi connectivity index (χ0v) is 21.4. The second-order valence-corrected chi connectivity index (χ2v) is 9.89. The Labute approximate surface area is 217 Å². The minimum Gasteiger partial charge on any atom is -0.370 e. The van der Waals surface area contributed by atoms with Crippen LogP contribution in [-0.2, 0) is 0 Å². The molecule has 0 spiro atoms. The molecule has 1 saturated heterocycles. The van der Waals surface area contributed by atoms with Gasteiger partial charge in [-0.1, -0.05) is 60.1 Å². The van der Waals surface area contributed by atoms with E-state index in [2.05, 4.69) is 15.7 Å². The summed E-state index contributed by atoms with van der Waals surface area (Å²) in [6.07, 6.45) is 3.87. The number of carbonyl (C=O) groups excluding carboxylic acids is 1. The molecule has 9 heteroatoms. The van der Waals surface area contributed by atoms with Gasteiger partial charge in [-0.3, -0.25) is 0 Å². The molecule has 184 valence electrons. The molecule has 1 aliphatic rings. The summed E-state index contributed by atoms with van der Waals surface area (Å²) in [6, 6.07) is 19.7. The van der Waals surface area contributed by atoms with E-state index in [0.29, 0.717) is 17.5 Å². The van der Waals surface area contributed by atoms with Crippen molar-refractivity contribution in [3.8, 4) is 11.3 Å². The van der Waals surface area contributed by atoms with Gasteiger partial charge in [0, 0.05) is 42.5 Å². The summed E-state index contributed by atoms with van der Waals surface area (Å²) in [5.41, 5.74) is 4.60. The lowest BCUT2D eigenvalue weighted by molar-refractivity contribution is 0.165. The van der Waals surface area contributed by atoms with Crippen LogP contribution in [0.5, 0.6) is 0 Å². The number of rotatable bonds is 6. The van der Waals surface area contributed by atoms with Crippen molar-refractivity contribution in [3.63, 3.8) is 0 Å². The second-order valence-electron chi connectivity index (χ2n) is 9.49. The van der Waals surface area contributed by atoms with E-state index in [1.54, 1.807) is 0 Å². The summed E-state index contributed by atoms with van der Waals surface area (Å²) in [5, 5.41) is 11.9. The van der Waals surface area contributed by atoms with Crippen LogP contribution in [0.2, 0.25) is 5.02 Å². The van der Waals surface area contributed by atoms with Gasteiger partial charge in [-0.25, -0.2) is 9.78 Å². The van der Waals surface area contributed by atoms with Crippen molar-refractivity contribution in [1.82, 2.24) is 24.8 Å². The number of nitrogens with zero attached hydrogens (tertiary/aromatic N) is 4. The topological polar surface area (TPSA) is 74.6 Å². The largest absolute Gasteiger partial charge is 0.370 e. The number of benzene rings is 2. The van der Waals surface area contributed by atoms with Crippen LogP contribution in [0.1, 0.15) is 31.4 Å². The van der Waals surface area contributed by atoms with Crippen LogP contribution in [0.25, 0.3) is 16.9 Å². The summed E-state index contributed by atoms with van der Waals surface area (Å²) < 4.78 is 1.84. The molecule has 0 radical (unpaired) electrons. The van der Waals surface area contributed by atoms with E-state index in [1.165, 1.54) is 0 Å². The average molecular weight is 501 g/mol. The van der Waals surface area contributed by atoms with Gasteiger partial charge in [0.2, 0.25) is 0 Å². The first-order valence-corrected chi connectivity index (χ1v) is 12.8. The van der Waals surface area contributed by atoms with E-state index in [0.717, 1.165) is 59.7 Å². The number of aromatic nitrogens is 3. The van der Waals surface area contributed by atoms with Gasteiger partial charge in [-0.15, -0.1) is 0 Å². The van der Waals surface area contributed by atoms with Crippen molar-refractivity contribution in [2.75, 3.05) is 25.0 Å². The Morgan fingerprint density at radius 2 is 1.97 bits per heavy atom. The summed E-state index contributed by atoms with van der Waals surface area (Å²) in [7, 11) is 2.00. The highest BCUT2D eigenvalue weighted by Gasteiger charge is 2.25. The summed E-state index contributed by atoms with van der Waals surface area (Å²) in [6.45, 7) is 4.24. The third-order valence-corrected chi connectivity index (χ3v) is 7.15. The van der Waals surface area contributed by atoms with Crippen molar-refractivity contribution in [1.29, 1.82) is 0 Å². The molecule has 4 aromatic rings. The van der Waals surface area contributed by atoms with Crippen LogP contribution in [0.3, 0.4) is 0 Å². The molecule has 3 heterocycles. The first kappa shape index (κ1) is 24.2. The maximum Gasteiger partial charge on any atom is 0.317 e. The van der Waals surface area contributed by atoms with Gasteiger partial charge in [-0.05, 0) is 42.8 Å². The molecule has 2 amide bonds. The van der Waals surface area contributed by atoms with Gasteiger partial charge in [-0.2, -0.15) is 9.61 Å². The SMILES string of the molecule is Bc1cnn2c(NCC3CCCN(C(=O)N[C@@H](C)c4ccccc4)C3)cc(-c3ccccc3Cl)nc12. The maximum atomic E-state index is 13.0. The Bertz CT molecular complexity index is 1360. The average Bonchev–Trinajstić information content (AvgIpc) is 3.28. The summed E-state index contributed by atoms with van der Waals surface area (Å²) in [4.78, 5) is 19.7. The molecule has 2 atom stereocenters. The minimum absolute atomic E-state index is 0.00828. The second kappa shape index (κ2) is 10.6. The summed E-state index contributed by atoms with van der Waals surface area (Å²) in [5.74, 6) is 1.20. The van der Waals surface area contributed by atoms with Crippen LogP contribution in [-0.4, -0.2) is 53.0 Å². The molecule has 2 aromatic heterocycles. The van der Waals surface area contributed by atoms with E-state index in [-0.39, 0.29) is 12.1 Å². The highest BCUT2D eigenvalue weighted by Crippen LogP contribution is 2.28. The fraction of sp³-hybridized carbons (Fsp3) is 0.296. The zero-order valence-electron chi connectivity index (χ0n) is 20.6. The van der Waals surface area contributed by atoms with E-state index in [1.807, 2.05) is 91.0 Å². The van der Waals surface area contributed by atoms with Gasteiger partial charge in [0.15, 0.2) is 5.65 Å². The lowest BCUT2D eigenvalue weighted by atomic mass is 9.98. The monoisotopic (exact) mass is 500 g/mol. The fourth-order valence-electron chi connectivity index (χ4n) is 4.77. The quantitative estimate of drug-likeness (QED) is 0.394. The number of carbonyl (C=O) groups is 1. The predicted octanol–water partition coefficient (Wildman–Crippen LogP) is 3.90. The molecule has 1 fully saturated rings. The molecule has 0 bridgehead atoms. The first-order valence-electron chi connectivity index (χ1n) is 12.4. The molecule has 1 unspecified atom stereocenters. The van der Waals surface area contributed by atoms with Crippen LogP contribution in [0.15, 0.2) is 66.9 Å². The van der Waals surface area contributed by atoms with Crippen molar-refractivity contribution >= 4 is 42.4 Å². The molecular weight excluding hydrogens is 471 g/mol. The highest BCUT2D eigenvalue weighted by molar-refractivity contribution is 6.36. The Morgan fingerprint density at radius 3 is 2.78 bits per heavy atom. The number of fused-ring (bicyclic) bond motifs is 1. The molecule has 5 rings (SSSR count). The van der Waals surface area contributed by atoms with E-state index in [4.69, 9.17) is 16.6 Å². The zero-order chi connectivity index (χ0) is 25.1. The molecule has 0 aliphatic carbocycles. The number of nitrogens with one attached hydrogen (secondary N) is 2. The molecule has 36 heavy (non-hydrogen) atoms. The Balaban J connectivity index is 1.28. The van der Waals surface area contributed by atoms with E-state index in [9.17, 15) is 4.79 Å². The standard InChI is InChI=1S/C27H30BClN6O/c1-18(20-9-3-2-4-10-20)32-27(36)34-13-7-8-19(17-34)15-30-25-14-24(21-11-5-6-12-23(21)29)33-26-22(28)16-31-35(25)26/h2-6,9-12,14,16,18-19,30H,7-8,13,15,17,28H2,1H3,(H,32,36)/t18-,19?/m0/s1. The number of hydrogen-bond donors (Lipinski definition) is 2. The van der Waals surface area contributed by atoms with Crippen LogP contribution < -0.4 is 16.1 Å². The number of likely N-dealkylation sites (tertiary alicyclic amines) is 1. The Hall–Kier alpha value is -3.52. The number of amides is 2. The molecule has 2 N–H and O–H groups in total. The number of anilines is 1. The Morgan fingerprint density at radius 1 is 1.19 bits per heavy atom. The Kier molecular flexibility index (Phi) is 7.14. The van der Waals surface area contributed by atoms with Gasteiger partial charge in [0.1, 0.15) is 13.7 Å². The van der Waals surface area contributed by atoms with Gasteiger partial charge >= 0.3 is 6.03 Å². The van der Waals surface area contributed by atoms with Gasteiger partial charge in [0.05, 0.1) is 11.7 Å². The summed E-state index contributed by atoms with van der Waals surface area (Å²) >= 11 is 6.47. The molecule has 2 aromatic carbocycles. The minimum atomic E-state index is -0.0337. The normalized spacial score (nSPS) is 16.6. The van der Waals surface area contributed by atoms with Crippen molar-refractivity contribution < 1.29 is 4.79 Å². The molecule has 1 aliphatic heterocycles. The number of hydrogen-bond acceptors (Lipinski definition) is 4. The van der Waals surface area contributed by atoms with Crippen molar-refractivity contribution in [2.24, 2.45) is 5.92 Å². The molecular formula is C27H30BClN6O. The molecule has 0 saturated carbocycles. The number of piperidine rings is 1. The van der Waals surface area contributed by atoms with Crippen LogP contribution in [0, 0.1) is 5.92 Å². The van der Waals surface area contributed by atoms with E-state index < -0.39 is 0 Å². The van der Waals surface area contributed by atoms with Gasteiger partial charge in [0.25, 0.3) is 0 Å².